The van der Waals surface area contributed by atoms with Crippen molar-refractivity contribution < 1.29 is 23.1 Å². The van der Waals surface area contributed by atoms with Gasteiger partial charge >= 0.3 is 0 Å². The minimum Gasteiger partial charge on any atom is -0.494 e. The quantitative estimate of drug-likeness (QED) is 0.734. The average molecular weight is 362 g/mol. The number of hydrogen-bond donors (Lipinski definition) is 1. The molecule has 138 valence electrons. The summed E-state index contributed by atoms with van der Waals surface area (Å²) >= 11 is 0. The SMILES string of the molecule is CN(CC(=O)Nc1cccc(F)c1)C(=O)CCCOc1ccc(F)cc1. The number of carbonyl (C=O) groups excluding carboxylic acids is 2. The Balaban J connectivity index is 1.68. The van der Waals surface area contributed by atoms with Crippen LogP contribution in [0.5, 0.6) is 5.75 Å². The van der Waals surface area contributed by atoms with Crippen molar-refractivity contribution in [3.05, 3.63) is 60.2 Å². The van der Waals surface area contributed by atoms with Gasteiger partial charge in [0.25, 0.3) is 0 Å². The Kier molecular flexibility index (Phi) is 7.08. The molecule has 0 bridgehead atoms. The van der Waals surface area contributed by atoms with Crippen LogP contribution in [0.25, 0.3) is 0 Å². The van der Waals surface area contributed by atoms with Crippen LogP contribution in [0.1, 0.15) is 12.8 Å². The van der Waals surface area contributed by atoms with Gasteiger partial charge in [-0.25, -0.2) is 8.78 Å². The molecule has 0 spiro atoms. The van der Waals surface area contributed by atoms with E-state index >= 15 is 0 Å². The maximum Gasteiger partial charge on any atom is 0.243 e. The summed E-state index contributed by atoms with van der Waals surface area (Å²) in [6.45, 7) is 0.175. The van der Waals surface area contributed by atoms with E-state index in [0.717, 1.165) is 0 Å². The van der Waals surface area contributed by atoms with E-state index in [0.29, 0.717) is 24.5 Å². The average Bonchev–Trinajstić information content (AvgIpc) is 2.60. The third-order valence-electron chi connectivity index (χ3n) is 3.53. The summed E-state index contributed by atoms with van der Waals surface area (Å²) in [5.74, 6) is -0.878. The molecule has 0 saturated heterocycles. The third kappa shape index (κ3) is 6.51. The van der Waals surface area contributed by atoms with Crippen molar-refractivity contribution in [2.75, 3.05) is 25.5 Å². The smallest absolute Gasteiger partial charge is 0.243 e. The lowest BCUT2D eigenvalue weighted by molar-refractivity contribution is -0.133. The highest BCUT2D eigenvalue weighted by molar-refractivity contribution is 5.94. The molecule has 7 heteroatoms. The molecule has 2 aromatic carbocycles. The fourth-order valence-electron chi connectivity index (χ4n) is 2.21. The van der Waals surface area contributed by atoms with Gasteiger partial charge in [-0.2, -0.15) is 0 Å². The number of benzene rings is 2. The maximum absolute atomic E-state index is 13.1. The molecule has 2 rings (SSSR count). The number of anilines is 1. The van der Waals surface area contributed by atoms with Gasteiger partial charge in [0.2, 0.25) is 11.8 Å². The summed E-state index contributed by atoms with van der Waals surface area (Å²) < 4.78 is 31.3. The first-order valence-electron chi connectivity index (χ1n) is 8.12. The van der Waals surface area contributed by atoms with Crippen molar-refractivity contribution >= 4 is 17.5 Å². The Morgan fingerprint density at radius 2 is 1.81 bits per heavy atom. The molecule has 0 saturated carbocycles. The number of nitrogens with one attached hydrogen (secondary N) is 1. The van der Waals surface area contributed by atoms with Crippen LogP contribution in [0, 0.1) is 11.6 Å². The van der Waals surface area contributed by atoms with E-state index in [1.165, 1.54) is 54.4 Å². The van der Waals surface area contributed by atoms with Gasteiger partial charge in [0.1, 0.15) is 17.4 Å². The van der Waals surface area contributed by atoms with Crippen LogP contribution >= 0.6 is 0 Å². The van der Waals surface area contributed by atoms with Crippen molar-refractivity contribution in [1.29, 1.82) is 0 Å². The van der Waals surface area contributed by atoms with E-state index in [-0.39, 0.29) is 24.7 Å². The standard InChI is InChI=1S/C19H20F2N2O3/c1-23(13-18(24)22-16-5-2-4-15(21)12-16)19(25)6-3-11-26-17-9-7-14(20)8-10-17/h2,4-5,7-10,12H,3,6,11,13H2,1H3,(H,22,24). The number of rotatable bonds is 8. The summed E-state index contributed by atoms with van der Waals surface area (Å²) in [4.78, 5) is 25.2. The number of halogens is 2. The molecule has 26 heavy (non-hydrogen) atoms. The van der Waals surface area contributed by atoms with Gasteiger partial charge in [0.15, 0.2) is 0 Å². The second kappa shape index (κ2) is 9.50. The van der Waals surface area contributed by atoms with E-state index in [1.54, 1.807) is 6.07 Å². The molecular formula is C19H20F2N2O3. The first kappa shape index (κ1) is 19.4. The highest BCUT2D eigenvalue weighted by atomic mass is 19.1. The predicted molar refractivity (Wildman–Crippen MR) is 93.8 cm³/mol. The predicted octanol–water partition coefficient (Wildman–Crippen LogP) is 3.22. The number of hydrogen-bond acceptors (Lipinski definition) is 3. The Bertz CT molecular complexity index is 751. The molecule has 0 aliphatic rings. The van der Waals surface area contributed by atoms with Crippen LogP contribution in [0.4, 0.5) is 14.5 Å². The molecule has 0 atom stereocenters. The van der Waals surface area contributed by atoms with Gasteiger partial charge in [-0.05, 0) is 48.9 Å². The minimum absolute atomic E-state index is 0.131. The van der Waals surface area contributed by atoms with Crippen molar-refractivity contribution in [3.8, 4) is 5.75 Å². The Morgan fingerprint density at radius 1 is 1.08 bits per heavy atom. The fourth-order valence-corrected chi connectivity index (χ4v) is 2.21. The molecule has 5 nitrogen and oxygen atoms in total. The van der Waals surface area contributed by atoms with Crippen molar-refractivity contribution in [1.82, 2.24) is 4.90 Å². The van der Waals surface area contributed by atoms with Gasteiger partial charge in [-0.1, -0.05) is 6.07 Å². The molecule has 2 amide bonds. The molecule has 0 fully saturated rings. The summed E-state index contributed by atoms with van der Waals surface area (Å²) in [5.41, 5.74) is 0.337. The summed E-state index contributed by atoms with van der Waals surface area (Å²) in [6.07, 6.45) is 0.678. The lowest BCUT2D eigenvalue weighted by Gasteiger charge is -2.17. The fraction of sp³-hybridized carbons (Fsp3) is 0.263. The van der Waals surface area contributed by atoms with Crippen LogP contribution < -0.4 is 10.1 Å². The minimum atomic E-state index is -0.451. The second-order valence-corrected chi connectivity index (χ2v) is 5.71. The zero-order valence-corrected chi connectivity index (χ0v) is 14.4. The molecule has 0 radical (unpaired) electrons. The van der Waals surface area contributed by atoms with E-state index in [9.17, 15) is 18.4 Å². The summed E-state index contributed by atoms with van der Waals surface area (Å²) in [6, 6.07) is 11.2. The van der Waals surface area contributed by atoms with Crippen LogP contribution in [0.2, 0.25) is 0 Å². The van der Waals surface area contributed by atoms with E-state index in [2.05, 4.69) is 5.32 Å². The number of nitrogens with zero attached hydrogens (tertiary/aromatic N) is 1. The van der Waals surface area contributed by atoms with Gasteiger partial charge < -0.3 is 15.0 Å². The number of amides is 2. The molecular weight excluding hydrogens is 342 g/mol. The largest absolute Gasteiger partial charge is 0.494 e. The van der Waals surface area contributed by atoms with Crippen molar-refractivity contribution in [3.63, 3.8) is 0 Å². The molecule has 0 aromatic heterocycles. The van der Waals surface area contributed by atoms with Crippen LogP contribution in [-0.2, 0) is 9.59 Å². The van der Waals surface area contributed by atoms with Crippen molar-refractivity contribution in [2.24, 2.45) is 0 Å². The van der Waals surface area contributed by atoms with Crippen LogP contribution in [0.3, 0.4) is 0 Å². The highest BCUT2D eigenvalue weighted by Gasteiger charge is 2.13. The molecule has 0 aliphatic heterocycles. The zero-order chi connectivity index (χ0) is 18.9. The number of carbonyl (C=O) groups is 2. The molecule has 0 heterocycles. The molecule has 0 aliphatic carbocycles. The first-order chi connectivity index (χ1) is 12.4. The van der Waals surface area contributed by atoms with Gasteiger partial charge in [0.05, 0.1) is 13.2 Å². The summed E-state index contributed by atoms with van der Waals surface area (Å²) in [5, 5.41) is 2.53. The third-order valence-corrected chi connectivity index (χ3v) is 3.53. The lowest BCUT2D eigenvalue weighted by Crippen LogP contribution is -2.35. The van der Waals surface area contributed by atoms with E-state index in [4.69, 9.17) is 4.74 Å². The second-order valence-electron chi connectivity index (χ2n) is 5.71. The Hall–Kier alpha value is -2.96. The van der Waals surface area contributed by atoms with Crippen LogP contribution in [0.15, 0.2) is 48.5 Å². The Labute approximate surface area is 150 Å². The number of likely N-dealkylation sites (N-methyl/N-ethyl adjacent to an activating group) is 1. The maximum atomic E-state index is 13.1. The first-order valence-corrected chi connectivity index (χ1v) is 8.12. The monoisotopic (exact) mass is 362 g/mol. The summed E-state index contributed by atoms with van der Waals surface area (Å²) in [7, 11) is 1.52. The lowest BCUT2D eigenvalue weighted by atomic mass is 10.3. The van der Waals surface area contributed by atoms with Gasteiger partial charge in [-0.15, -0.1) is 0 Å². The van der Waals surface area contributed by atoms with Gasteiger partial charge in [0, 0.05) is 19.2 Å². The highest BCUT2D eigenvalue weighted by Crippen LogP contribution is 2.12. The normalized spacial score (nSPS) is 10.3. The zero-order valence-electron chi connectivity index (χ0n) is 14.4. The molecule has 2 aromatic rings. The van der Waals surface area contributed by atoms with Crippen LogP contribution in [-0.4, -0.2) is 36.9 Å². The number of ether oxygens (including phenoxy) is 1. The van der Waals surface area contributed by atoms with E-state index in [1.807, 2.05) is 0 Å². The Morgan fingerprint density at radius 3 is 2.50 bits per heavy atom. The molecule has 0 unspecified atom stereocenters. The van der Waals surface area contributed by atoms with E-state index < -0.39 is 11.7 Å². The van der Waals surface area contributed by atoms with Crippen molar-refractivity contribution in [2.45, 2.75) is 12.8 Å². The molecule has 1 N–H and O–H groups in total. The van der Waals surface area contributed by atoms with Gasteiger partial charge in [-0.3, -0.25) is 9.59 Å². The topological polar surface area (TPSA) is 58.6 Å².